The summed E-state index contributed by atoms with van der Waals surface area (Å²) in [5.74, 6) is -0.697. The predicted octanol–water partition coefficient (Wildman–Crippen LogP) is 2.17. The molecule has 0 saturated heterocycles. The molecule has 0 aliphatic heterocycles. The average Bonchev–Trinajstić information content (AvgIpc) is 2.65. The highest BCUT2D eigenvalue weighted by Crippen LogP contribution is 2.39. The molecular weight excluding hydrogens is 410 g/mol. The fourth-order valence-corrected chi connectivity index (χ4v) is 4.22. The number of nitrogens with zero attached hydrogens (tertiary/aromatic N) is 1. The number of aromatic hydroxyl groups is 1. The first-order valence-corrected chi connectivity index (χ1v) is 10.3. The van der Waals surface area contributed by atoms with Crippen molar-refractivity contribution in [1.29, 1.82) is 0 Å². The van der Waals surface area contributed by atoms with Crippen LogP contribution in [0.15, 0.2) is 26.6 Å². The quantitative estimate of drug-likeness (QED) is 0.313. The third kappa shape index (κ3) is 4.00. The fraction of sp³-hybridized carbons (Fsp3) is 0.412. The lowest BCUT2D eigenvalue weighted by Crippen LogP contribution is -2.38. The Bertz CT molecular complexity index is 1050. The lowest BCUT2D eigenvalue weighted by Gasteiger charge is -2.21. The first-order valence-electron chi connectivity index (χ1n) is 8.47. The Morgan fingerprint density at radius 2 is 1.86 bits per heavy atom. The lowest BCUT2D eigenvalue weighted by atomic mass is 10.1. The van der Waals surface area contributed by atoms with Gasteiger partial charge in [-0.1, -0.05) is 29.4 Å². The summed E-state index contributed by atoms with van der Waals surface area (Å²) in [7, 11) is -1.98. The molecule has 28 heavy (non-hydrogen) atoms. The predicted molar refractivity (Wildman–Crippen MR) is 108 cm³/mol. The monoisotopic (exact) mass is 431 g/mol. The lowest BCUT2D eigenvalue weighted by molar-refractivity contribution is -0.0259. The summed E-state index contributed by atoms with van der Waals surface area (Å²) >= 11 is 5.96. The van der Waals surface area contributed by atoms with Gasteiger partial charge in [-0.05, 0) is 25.5 Å². The first kappa shape index (κ1) is 22.2. The number of hydroxylamine groups is 1. The van der Waals surface area contributed by atoms with Crippen molar-refractivity contribution in [1.82, 2.24) is 4.47 Å². The summed E-state index contributed by atoms with van der Waals surface area (Å²) in [6, 6.07) is 2.51. The second kappa shape index (κ2) is 8.48. The van der Waals surface area contributed by atoms with E-state index in [0.717, 1.165) is 27.0 Å². The fourth-order valence-electron chi connectivity index (χ4n) is 2.65. The van der Waals surface area contributed by atoms with Crippen LogP contribution >= 0.6 is 11.6 Å². The molecule has 2 aromatic carbocycles. The van der Waals surface area contributed by atoms with Gasteiger partial charge in [0.1, 0.15) is 16.3 Å². The van der Waals surface area contributed by atoms with Crippen molar-refractivity contribution in [3.05, 3.63) is 37.6 Å². The zero-order valence-electron chi connectivity index (χ0n) is 15.9. The third-order valence-electron chi connectivity index (χ3n) is 4.22. The van der Waals surface area contributed by atoms with E-state index < -0.39 is 31.5 Å². The molecule has 0 heterocycles. The van der Waals surface area contributed by atoms with Crippen LogP contribution < -0.4 is 21.5 Å². The van der Waals surface area contributed by atoms with E-state index in [1.54, 1.807) is 0 Å². The Hall–Kier alpha value is -2.14. The Morgan fingerprint density at radius 1 is 1.25 bits per heavy atom. The van der Waals surface area contributed by atoms with Crippen LogP contribution in [0, 0.1) is 0 Å². The SMILES string of the molecule is CCC[C@@H](C)Nc1c(Nc2ccc(Cl)c(S(=O)(=O)N(C)OC)c2O)c(=O)c1=O. The molecule has 0 aliphatic rings. The van der Waals surface area contributed by atoms with Gasteiger partial charge in [-0.2, -0.15) is 0 Å². The van der Waals surface area contributed by atoms with Gasteiger partial charge in [0.05, 0.1) is 17.8 Å². The van der Waals surface area contributed by atoms with Crippen LogP contribution in [0.25, 0.3) is 0 Å². The molecule has 0 bridgehead atoms. The van der Waals surface area contributed by atoms with Gasteiger partial charge >= 0.3 is 0 Å². The molecule has 154 valence electrons. The van der Waals surface area contributed by atoms with Gasteiger partial charge < -0.3 is 15.7 Å². The number of nitrogens with one attached hydrogen (secondary N) is 2. The number of hydrogen-bond acceptors (Lipinski definition) is 8. The Labute approximate surface area is 167 Å². The van der Waals surface area contributed by atoms with Gasteiger partial charge in [-0.15, -0.1) is 0 Å². The van der Waals surface area contributed by atoms with Crippen LogP contribution in [0.1, 0.15) is 26.7 Å². The van der Waals surface area contributed by atoms with Crippen LogP contribution in [0.4, 0.5) is 17.1 Å². The minimum absolute atomic E-state index is 0.0426. The van der Waals surface area contributed by atoms with Gasteiger partial charge in [-0.25, -0.2) is 8.42 Å². The molecular formula is C17H22ClN3O6S. The van der Waals surface area contributed by atoms with Gasteiger partial charge in [0.15, 0.2) is 5.75 Å². The number of anilines is 3. The zero-order valence-corrected chi connectivity index (χ0v) is 17.4. The maximum absolute atomic E-state index is 12.5. The maximum atomic E-state index is 12.5. The molecule has 0 unspecified atom stereocenters. The number of benzene rings is 1. The molecule has 11 heteroatoms. The molecule has 0 spiro atoms. The van der Waals surface area contributed by atoms with Gasteiger partial charge in [0.25, 0.3) is 20.9 Å². The topological polar surface area (TPSA) is 125 Å². The molecule has 2 aromatic rings. The Kier molecular flexibility index (Phi) is 6.71. The molecule has 2 rings (SSSR count). The minimum atomic E-state index is -4.26. The van der Waals surface area contributed by atoms with E-state index in [1.807, 2.05) is 13.8 Å². The number of rotatable bonds is 9. The number of phenols is 1. The minimum Gasteiger partial charge on any atom is -0.504 e. The van der Waals surface area contributed by atoms with Crippen molar-refractivity contribution in [2.24, 2.45) is 0 Å². The number of phenolic OH excluding ortho intramolecular Hbond substituents is 1. The number of halogens is 1. The van der Waals surface area contributed by atoms with Crippen molar-refractivity contribution in [2.45, 2.75) is 37.6 Å². The summed E-state index contributed by atoms with van der Waals surface area (Å²) in [6.45, 7) is 3.86. The van der Waals surface area contributed by atoms with Crippen molar-refractivity contribution < 1.29 is 18.4 Å². The van der Waals surface area contributed by atoms with E-state index in [9.17, 15) is 23.1 Å². The molecule has 0 aliphatic carbocycles. The highest BCUT2D eigenvalue weighted by molar-refractivity contribution is 7.89. The maximum Gasteiger partial charge on any atom is 0.269 e. The van der Waals surface area contributed by atoms with E-state index in [-0.39, 0.29) is 28.1 Å². The molecule has 0 aromatic heterocycles. The summed E-state index contributed by atoms with van der Waals surface area (Å²) in [5.41, 5.74) is -1.48. The van der Waals surface area contributed by atoms with Crippen LogP contribution in [0.5, 0.6) is 5.75 Å². The summed E-state index contributed by atoms with van der Waals surface area (Å²) in [4.78, 5) is 27.9. The molecule has 3 N–H and O–H groups in total. The highest BCUT2D eigenvalue weighted by atomic mass is 35.5. The largest absolute Gasteiger partial charge is 0.504 e. The van der Waals surface area contributed by atoms with Crippen LogP contribution in [0.2, 0.25) is 5.02 Å². The number of hydrogen-bond donors (Lipinski definition) is 3. The smallest absolute Gasteiger partial charge is 0.269 e. The van der Waals surface area contributed by atoms with Crippen LogP contribution in [-0.2, 0) is 14.9 Å². The average molecular weight is 432 g/mol. The molecule has 0 amide bonds. The molecule has 0 saturated carbocycles. The molecule has 0 fully saturated rings. The van der Waals surface area contributed by atoms with E-state index in [2.05, 4.69) is 15.5 Å². The Balaban J connectivity index is 2.45. The second-order valence-electron chi connectivity index (χ2n) is 6.24. The summed E-state index contributed by atoms with van der Waals surface area (Å²) in [6.07, 6.45) is 1.68. The van der Waals surface area contributed by atoms with Crippen molar-refractivity contribution >= 4 is 38.7 Å². The highest BCUT2D eigenvalue weighted by Gasteiger charge is 2.30. The van der Waals surface area contributed by atoms with E-state index in [4.69, 9.17) is 11.6 Å². The normalized spacial score (nSPS) is 13.1. The van der Waals surface area contributed by atoms with Crippen molar-refractivity contribution in [2.75, 3.05) is 24.8 Å². The standard InChI is InChI=1S/C17H22ClN3O6S/c1-5-6-9(2)19-12-13(16(24)15(12)23)20-11-8-7-10(18)17(14(11)22)28(25,26)21(3)27-4/h7-9,19-20,22H,5-6H2,1-4H3/t9-/m1/s1. The summed E-state index contributed by atoms with van der Waals surface area (Å²) in [5, 5.41) is 15.8. The molecule has 9 nitrogen and oxygen atoms in total. The van der Waals surface area contributed by atoms with E-state index >= 15 is 0 Å². The number of sulfonamides is 1. The van der Waals surface area contributed by atoms with E-state index in [1.165, 1.54) is 12.1 Å². The van der Waals surface area contributed by atoms with Crippen molar-refractivity contribution in [3.8, 4) is 5.75 Å². The van der Waals surface area contributed by atoms with Crippen LogP contribution in [0.3, 0.4) is 0 Å². The second-order valence-corrected chi connectivity index (χ2v) is 8.52. The van der Waals surface area contributed by atoms with E-state index in [0.29, 0.717) is 4.47 Å². The van der Waals surface area contributed by atoms with Gasteiger partial charge in [0.2, 0.25) is 0 Å². The van der Waals surface area contributed by atoms with Gasteiger partial charge in [0, 0.05) is 13.1 Å². The molecule has 0 radical (unpaired) electrons. The van der Waals surface area contributed by atoms with Crippen LogP contribution in [-0.4, -0.2) is 38.2 Å². The van der Waals surface area contributed by atoms with Gasteiger partial charge in [-0.3, -0.25) is 14.4 Å². The third-order valence-corrected chi connectivity index (χ3v) is 6.40. The first-order chi connectivity index (χ1) is 13.1. The molecule has 1 atom stereocenters. The Morgan fingerprint density at radius 3 is 2.43 bits per heavy atom. The zero-order chi connectivity index (χ0) is 21.2. The van der Waals surface area contributed by atoms with Crippen molar-refractivity contribution in [3.63, 3.8) is 0 Å². The summed E-state index contributed by atoms with van der Waals surface area (Å²) < 4.78 is 25.6.